The van der Waals surface area contributed by atoms with Crippen LogP contribution < -0.4 is 0 Å². The summed E-state index contributed by atoms with van der Waals surface area (Å²) in [4.78, 5) is 14.3. The van der Waals surface area contributed by atoms with Gasteiger partial charge < -0.3 is 0 Å². The molecule has 0 fully saturated rings. The van der Waals surface area contributed by atoms with Crippen molar-refractivity contribution in [2.24, 2.45) is 0 Å². The van der Waals surface area contributed by atoms with E-state index in [-0.39, 0.29) is 5.78 Å². The predicted octanol–water partition coefficient (Wildman–Crippen LogP) is 0.844. The molecule has 3 nitrogen and oxygen atoms in total. The first-order chi connectivity index (χ1) is 3.50. The lowest BCUT2D eigenvalue weighted by Gasteiger charge is -2.14. The summed E-state index contributed by atoms with van der Waals surface area (Å²) in [6.45, 7) is 4.35. The van der Waals surface area contributed by atoms with Crippen molar-refractivity contribution < 1.29 is 14.9 Å². The van der Waals surface area contributed by atoms with E-state index in [1.807, 2.05) is 0 Å². The van der Waals surface area contributed by atoms with Crippen molar-refractivity contribution >= 4 is 5.78 Å². The predicted molar refractivity (Wildman–Crippen MR) is 28.5 cm³/mol. The Balaban J connectivity index is 3.91. The van der Waals surface area contributed by atoms with Crippen molar-refractivity contribution in [1.29, 1.82) is 0 Å². The molecule has 3 heteroatoms. The molecule has 0 saturated heterocycles. The molecule has 0 aromatic heterocycles. The summed E-state index contributed by atoms with van der Waals surface area (Å²) in [7, 11) is 0. The maximum absolute atomic E-state index is 10.4. The molecule has 0 aliphatic rings. The zero-order chi connectivity index (χ0) is 6.78. The molecule has 0 rings (SSSR count). The van der Waals surface area contributed by atoms with Crippen molar-refractivity contribution in [3.63, 3.8) is 0 Å². The highest BCUT2D eigenvalue weighted by atomic mass is 17.1. The Morgan fingerprint density at radius 3 is 2.00 bits per heavy atom. The quantitative estimate of drug-likeness (QED) is 0.431. The molecule has 0 spiro atoms. The van der Waals surface area contributed by atoms with Gasteiger partial charge in [0, 0.05) is 0 Å². The van der Waals surface area contributed by atoms with Crippen LogP contribution in [0.3, 0.4) is 0 Å². The number of Topliss-reactive ketones (excluding diaryl/α,β-unsaturated/α-hetero) is 1. The van der Waals surface area contributed by atoms with Crippen LogP contribution in [0.15, 0.2) is 0 Å². The summed E-state index contributed by atoms with van der Waals surface area (Å²) in [5.74, 6) is -0.194. The van der Waals surface area contributed by atoms with Gasteiger partial charge in [-0.3, -0.25) is 10.1 Å². The summed E-state index contributed by atoms with van der Waals surface area (Å²) in [6.07, 6.45) is 0. The van der Waals surface area contributed by atoms with Gasteiger partial charge in [0.2, 0.25) is 0 Å². The number of hydrogen-bond acceptors (Lipinski definition) is 3. The highest BCUT2D eigenvalue weighted by Crippen LogP contribution is 2.06. The van der Waals surface area contributed by atoms with Crippen molar-refractivity contribution in [1.82, 2.24) is 0 Å². The highest BCUT2D eigenvalue weighted by molar-refractivity contribution is 5.83. The molecule has 0 aliphatic heterocycles. The molecule has 0 aliphatic carbocycles. The third-order valence-corrected chi connectivity index (χ3v) is 1.08. The SMILES string of the molecule is CC(=O)C(C)(C)OO. The summed E-state index contributed by atoms with van der Waals surface area (Å²) in [6, 6.07) is 0. The fourth-order valence-electron chi connectivity index (χ4n) is 0.0643. The smallest absolute Gasteiger partial charge is 0.164 e. The molecular formula is C5H10O3. The van der Waals surface area contributed by atoms with Gasteiger partial charge in [0.1, 0.15) is 0 Å². The molecule has 48 valence electrons. The summed E-state index contributed by atoms with van der Waals surface area (Å²) >= 11 is 0. The average Bonchev–Trinajstić information content (AvgIpc) is 1.67. The number of carbonyl (C=O) groups is 1. The van der Waals surface area contributed by atoms with Gasteiger partial charge in [-0.25, -0.2) is 4.89 Å². The van der Waals surface area contributed by atoms with Crippen molar-refractivity contribution in [2.45, 2.75) is 26.4 Å². The topological polar surface area (TPSA) is 46.5 Å². The van der Waals surface area contributed by atoms with Gasteiger partial charge in [0.15, 0.2) is 11.4 Å². The van der Waals surface area contributed by atoms with Gasteiger partial charge in [-0.2, -0.15) is 0 Å². The molecule has 1 N–H and O–H groups in total. The minimum Gasteiger partial charge on any atom is -0.297 e. The van der Waals surface area contributed by atoms with Gasteiger partial charge in [0.05, 0.1) is 0 Å². The molecule has 0 aromatic carbocycles. The van der Waals surface area contributed by atoms with Crippen LogP contribution in [-0.4, -0.2) is 16.6 Å². The molecule has 8 heavy (non-hydrogen) atoms. The van der Waals surface area contributed by atoms with Crippen LogP contribution in [0, 0.1) is 0 Å². The monoisotopic (exact) mass is 118 g/mol. The van der Waals surface area contributed by atoms with Crippen molar-refractivity contribution in [2.75, 3.05) is 0 Å². The molecule has 0 amide bonds. The molecule has 0 radical (unpaired) electrons. The fourth-order valence-corrected chi connectivity index (χ4v) is 0.0643. The van der Waals surface area contributed by atoms with Crippen molar-refractivity contribution in [3.05, 3.63) is 0 Å². The van der Waals surface area contributed by atoms with Crippen LogP contribution in [0.25, 0.3) is 0 Å². The molecular weight excluding hydrogens is 108 g/mol. The summed E-state index contributed by atoms with van der Waals surface area (Å²) < 4.78 is 0. The zero-order valence-corrected chi connectivity index (χ0v) is 5.26. The Hall–Kier alpha value is -0.410. The van der Waals surface area contributed by atoms with Crippen molar-refractivity contribution in [3.8, 4) is 0 Å². The normalized spacial score (nSPS) is 11.5. The number of ketones is 1. The van der Waals surface area contributed by atoms with E-state index >= 15 is 0 Å². The summed E-state index contributed by atoms with van der Waals surface area (Å²) in [5, 5.41) is 8.04. The lowest BCUT2D eigenvalue weighted by molar-refractivity contribution is -0.300. The Morgan fingerprint density at radius 2 is 2.00 bits per heavy atom. The minimum atomic E-state index is -1.04. The third kappa shape index (κ3) is 1.60. The Morgan fingerprint density at radius 1 is 1.62 bits per heavy atom. The number of hydrogen-bond donors (Lipinski definition) is 1. The van der Waals surface area contributed by atoms with Gasteiger partial charge in [0.25, 0.3) is 0 Å². The summed E-state index contributed by atoms with van der Waals surface area (Å²) in [5.41, 5.74) is -1.04. The Bertz CT molecular complexity index is 95.8. The molecule has 0 heterocycles. The van der Waals surface area contributed by atoms with Crippen LogP contribution in [0.5, 0.6) is 0 Å². The molecule has 0 aromatic rings. The van der Waals surface area contributed by atoms with E-state index < -0.39 is 5.60 Å². The molecule has 0 atom stereocenters. The lowest BCUT2D eigenvalue weighted by Crippen LogP contribution is -2.31. The minimum absolute atomic E-state index is 0.194. The highest BCUT2D eigenvalue weighted by Gasteiger charge is 2.23. The van der Waals surface area contributed by atoms with E-state index in [0.717, 1.165) is 0 Å². The first kappa shape index (κ1) is 7.59. The van der Waals surface area contributed by atoms with E-state index in [2.05, 4.69) is 4.89 Å². The number of carbonyl (C=O) groups excluding carboxylic acids is 1. The standard InChI is InChI=1S/C5H10O3/c1-4(6)5(2,3)8-7/h7H,1-3H3. The second-order valence-electron chi connectivity index (χ2n) is 2.16. The fraction of sp³-hybridized carbons (Fsp3) is 0.800. The van der Waals surface area contributed by atoms with Gasteiger partial charge in [-0.1, -0.05) is 0 Å². The van der Waals surface area contributed by atoms with Gasteiger partial charge in [-0.15, -0.1) is 0 Å². The number of rotatable bonds is 2. The van der Waals surface area contributed by atoms with E-state index in [0.29, 0.717) is 0 Å². The molecule has 0 bridgehead atoms. The maximum Gasteiger partial charge on any atom is 0.164 e. The van der Waals surface area contributed by atoms with Crippen LogP contribution >= 0.6 is 0 Å². The second kappa shape index (κ2) is 2.24. The van der Waals surface area contributed by atoms with E-state index in [4.69, 9.17) is 5.26 Å². The first-order valence-corrected chi connectivity index (χ1v) is 2.34. The Labute approximate surface area is 48.2 Å². The van der Waals surface area contributed by atoms with E-state index in [1.54, 1.807) is 0 Å². The zero-order valence-electron chi connectivity index (χ0n) is 5.26. The Kier molecular flexibility index (Phi) is 2.12. The van der Waals surface area contributed by atoms with Gasteiger partial charge >= 0.3 is 0 Å². The maximum atomic E-state index is 10.4. The van der Waals surface area contributed by atoms with Crippen LogP contribution in [0.1, 0.15) is 20.8 Å². The largest absolute Gasteiger partial charge is 0.297 e. The third-order valence-electron chi connectivity index (χ3n) is 1.08. The van der Waals surface area contributed by atoms with Gasteiger partial charge in [-0.05, 0) is 20.8 Å². The first-order valence-electron chi connectivity index (χ1n) is 2.34. The second-order valence-corrected chi connectivity index (χ2v) is 2.16. The lowest BCUT2D eigenvalue weighted by atomic mass is 10.1. The molecule has 0 unspecified atom stereocenters. The molecule has 0 saturated carbocycles. The average molecular weight is 118 g/mol. The van der Waals surface area contributed by atoms with Crippen LogP contribution in [-0.2, 0) is 9.68 Å². The van der Waals surface area contributed by atoms with Crippen LogP contribution in [0.4, 0.5) is 0 Å². The van der Waals surface area contributed by atoms with Crippen LogP contribution in [0.2, 0.25) is 0 Å². The van der Waals surface area contributed by atoms with E-state index in [9.17, 15) is 4.79 Å². The van der Waals surface area contributed by atoms with E-state index in [1.165, 1.54) is 20.8 Å².